The van der Waals surface area contributed by atoms with E-state index >= 15 is 0 Å². The van der Waals surface area contributed by atoms with E-state index in [1.807, 2.05) is 19.1 Å². The maximum Gasteiger partial charge on any atom is 0.134 e. The monoisotopic (exact) mass is 313 g/mol. The molecule has 1 heterocycles. The molecule has 0 aliphatic carbocycles. The lowest BCUT2D eigenvalue weighted by atomic mass is 10.2. The second-order valence-electron chi connectivity index (χ2n) is 4.50. The van der Waals surface area contributed by atoms with Crippen LogP contribution in [0.3, 0.4) is 0 Å². The summed E-state index contributed by atoms with van der Waals surface area (Å²) in [6.07, 6.45) is 0.985. The van der Waals surface area contributed by atoms with Crippen molar-refractivity contribution in [3.63, 3.8) is 0 Å². The first-order valence-corrected chi connectivity index (χ1v) is 6.92. The summed E-state index contributed by atoms with van der Waals surface area (Å²) >= 11 is 0. The molecule has 5 heteroatoms. The van der Waals surface area contributed by atoms with Crippen LogP contribution in [0.15, 0.2) is 40.8 Å². The zero-order valence-electron chi connectivity index (χ0n) is 12.1. The lowest BCUT2D eigenvalue weighted by Gasteiger charge is -2.03. The molecule has 0 spiro atoms. The van der Waals surface area contributed by atoms with E-state index in [4.69, 9.17) is 9.15 Å². The van der Waals surface area contributed by atoms with Crippen LogP contribution in [0, 0.1) is 5.82 Å². The quantitative estimate of drug-likeness (QED) is 0.747. The molecule has 0 radical (unpaired) electrons. The highest BCUT2D eigenvalue weighted by atomic mass is 35.5. The molecule has 0 unspecified atom stereocenters. The van der Waals surface area contributed by atoms with Crippen LogP contribution in [0.4, 0.5) is 4.39 Å². The van der Waals surface area contributed by atoms with Crippen LogP contribution < -0.4 is 5.32 Å². The molecule has 0 aliphatic rings. The Labute approximate surface area is 130 Å². The summed E-state index contributed by atoms with van der Waals surface area (Å²) in [7, 11) is 0. The Morgan fingerprint density at radius 1 is 1.14 bits per heavy atom. The van der Waals surface area contributed by atoms with Crippen LogP contribution in [0.5, 0.6) is 0 Å². The number of furan rings is 1. The predicted octanol–water partition coefficient (Wildman–Crippen LogP) is 4.02. The smallest absolute Gasteiger partial charge is 0.134 e. The number of benzene rings is 1. The summed E-state index contributed by atoms with van der Waals surface area (Å²) in [4.78, 5) is 0. The van der Waals surface area contributed by atoms with Crippen molar-refractivity contribution in [3.05, 3.63) is 48.0 Å². The Bertz CT molecular complexity index is 513. The average Bonchev–Trinajstić information content (AvgIpc) is 2.92. The molecule has 0 bridgehead atoms. The molecule has 116 valence electrons. The van der Waals surface area contributed by atoms with E-state index in [1.54, 1.807) is 12.1 Å². The molecule has 0 fully saturated rings. The number of hydrogen-bond donors (Lipinski definition) is 1. The van der Waals surface area contributed by atoms with E-state index in [9.17, 15) is 4.39 Å². The molecule has 0 aliphatic heterocycles. The summed E-state index contributed by atoms with van der Waals surface area (Å²) < 4.78 is 23.8. The molecule has 3 nitrogen and oxygen atoms in total. The molecule has 0 atom stereocenters. The van der Waals surface area contributed by atoms with Crippen molar-refractivity contribution in [2.24, 2.45) is 0 Å². The molecule has 2 aromatic rings. The van der Waals surface area contributed by atoms with E-state index in [2.05, 4.69) is 5.32 Å². The number of rotatable bonds is 8. The van der Waals surface area contributed by atoms with Gasteiger partial charge in [-0.1, -0.05) is 0 Å². The maximum atomic E-state index is 12.9. The molecule has 2 rings (SSSR count). The van der Waals surface area contributed by atoms with Crippen molar-refractivity contribution in [2.45, 2.75) is 19.9 Å². The van der Waals surface area contributed by atoms with Gasteiger partial charge in [0.25, 0.3) is 0 Å². The second kappa shape index (κ2) is 9.55. The predicted molar refractivity (Wildman–Crippen MR) is 84.2 cm³/mol. The Morgan fingerprint density at radius 3 is 2.62 bits per heavy atom. The molecule has 1 N–H and O–H groups in total. The van der Waals surface area contributed by atoms with Gasteiger partial charge in [-0.05, 0) is 56.3 Å². The minimum atomic E-state index is -0.239. The van der Waals surface area contributed by atoms with Gasteiger partial charge in [-0.3, -0.25) is 0 Å². The fourth-order valence-corrected chi connectivity index (χ4v) is 1.90. The van der Waals surface area contributed by atoms with Crippen molar-refractivity contribution < 1.29 is 13.5 Å². The summed E-state index contributed by atoms with van der Waals surface area (Å²) in [5.41, 5.74) is 0.883. The van der Waals surface area contributed by atoms with Gasteiger partial charge in [0.05, 0.1) is 6.54 Å². The normalized spacial score (nSPS) is 10.4. The number of nitrogens with one attached hydrogen (secondary N) is 1. The van der Waals surface area contributed by atoms with Crippen LogP contribution in [0.2, 0.25) is 0 Å². The Kier molecular flexibility index (Phi) is 8.05. The van der Waals surface area contributed by atoms with Crippen molar-refractivity contribution >= 4 is 12.4 Å². The molecular weight excluding hydrogens is 293 g/mol. The van der Waals surface area contributed by atoms with Crippen molar-refractivity contribution in [1.29, 1.82) is 0 Å². The van der Waals surface area contributed by atoms with Crippen LogP contribution in [-0.4, -0.2) is 19.8 Å². The summed E-state index contributed by atoms with van der Waals surface area (Å²) in [6, 6.07) is 10.1. The van der Waals surface area contributed by atoms with Crippen molar-refractivity contribution in [1.82, 2.24) is 5.32 Å². The topological polar surface area (TPSA) is 34.4 Å². The van der Waals surface area contributed by atoms with E-state index in [1.165, 1.54) is 12.1 Å². The van der Waals surface area contributed by atoms with Gasteiger partial charge >= 0.3 is 0 Å². The third-order valence-corrected chi connectivity index (χ3v) is 2.94. The van der Waals surface area contributed by atoms with E-state index < -0.39 is 0 Å². The third-order valence-electron chi connectivity index (χ3n) is 2.94. The highest BCUT2D eigenvalue weighted by molar-refractivity contribution is 5.85. The molecule has 1 aromatic heterocycles. The first-order chi connectivity index (χ1) is 9.79. The van der Waals surface area contributed by atoms with Gasteiger partial charge in [0, 0.05) is 18.8 Å². The van der Waals surface area contributed by atoms with E-state index in [-0.39, 0.29) is 18.2 Å². The van der Waals surface area contributed by atoms with Gasteiger partial charge < -0.3 is 14.5 Å². The first-order valence-electron chi connectivity index (χ1n) is 6.92. The van der Waals surface area contributed by atoms with Gasteiger partial charge in [-0.2, -0.15) is 0 Å². The molecule has 0 saturated carbocycles. The fraction of sp³-hybridized carbons (Fsp3) is 0.375. The minimum Gasteiger partial charge on any atom is -0.460 e. The summed E-state index contributed by atoms with van der Waals surface area (Å²) in [5.74, 6) is 1.40. The van der Waals surface area contributed by atoms with Crippen LogP contribution >= 0.6 is 12.4 Å². The zero-order valence-corrected chi connectivity index (χ0v) is 12.9. The van der Waals surface area contributed by atoms with Crippen molar-refractivity contribution in [2.75, 3.05) is 19.8 Å². The fourth-order valence-electron chi connectivity index (χ4n) is 1.90. The Balaban J connectivity index is 0.00000220. The first kappa shape index (κ1) is 17.7. The molecule has 0 saturated heterocycles. The number of halogens is 2. The molecule has 0 amide bonds. The van der Waals surface area contributed by atoms with Crippen LogP contribution in [-0.2, 0) is 11.3 Å². The minimum absolute atomic E-state index is 0. The lowest BCUT2D eigenvalue weighted by Crippen LogP contribution is -2.15. The van der Waals surface area contributed by atoms with Crippen LogP contribution in [0.1, 0.15) is 19.1 Å². The second-order valence-corrected chi connectivity index (χ2v) is 4.50. The van der Waals surface area contributed by atoms with E-state index in [0.29, 0.717) is 6.54 Å². The third kappa shape index (κ3) is 5.87. The van der Waals surface area contributed by atoms with Gasteiger partial charge in [0.15, 0.2) is 0 Å². The number of ether oxygens (including phenoxy) is 1. The van der Waals surface area contributed by atoms with Gasteiger partial charge in [-0.25, -0.2) is 4.39 Å². The highest BCUT2D eigenvalue weighted by Crippen LogP contribution is 2.22. The standard InChI is InChI=1S/C16H20FNO2.ClH/c1-2-19-11-3-10-18-12-15-8-9-16(20-15)13-4-6-14(17)7-5-13;/h4-9,18H,2-3,10-12H2,1H3;1H. The molecular formula is C16H21ClFNO2. The Hall–Kier alpha value is -1.36. The summed E-state index contributed by atoms with van der Waals surface area (Å²) in [5, 5.41) is 3.30. The lowest BCUT2D eigenvalue weighted by molar-refractivity contribution is 0.144. The average molecular weight is 314 g/mol. The maximum absolute atomic E-state index is 12.9. The number of hydrogen-bond acceptors (Lipinski definition) is 3. The molecule has 1 aromatic carbocycles. The van der Waals surface area contributed by atoms with Crippen LogP contribution in [0.25, 0.3) is 11.3 Å². The highest BCUT2D eigenvalue weighted by Gasteiger charge is 2.04. The van der Waals surface area contributed by atoms with Gasteiger partial charge in [0.2, 0.25) is 0 Å². The summed E-state index contributed by atoms with van der Waals surface area (Å²) in [6.45, 7) is 5.12. The molecule has 21 heavy (non-hydrogen) atoms. The largest absolute Gasteiger partial charge is 0.460 e. The van der Waals surface area contributed by atoms with Crippen molar-refractivity contribution in [3.8, 4) is 11.3 Å². The Morgan fingerprint density at radius 2 is 1.90 bits per heavy atom. The van der Waals surface area contributed by atoms with E-state index in [0.717, 1.165) is 43.3 Å². The SMILES string of the molecule is CCOCCCNCc1ccc(-c2ccc(F)cc2)o1.Cl. The van der Waals surface area contributed by atoms with Gasteiger partial charge in [-0.15, -0.1) is 12.4 Å². The zero-order chi connectivity index (χ0) is 14.2. The van der Waals surface area contributed by atoms with Gasteiger partial charge in [0.1, 0.15) is 17.3 Å².